The molecule has 0 saturated heterocycles. The smallest absolute Gasteiger partial charge is 0.191 e. The first-order valence-corrected chi connectivity index (χ1v) is 8.16. The van der Waals surface area contributed by atoms with Gasteiger partial charge in [-0.05, 0) is 38.1 Å². The van der Waals surface area contributed by atoms with Crippen LogP contribution in [0.2, 0.25) is 0 Å². The molecular formula is C16H22FIN4OS. The van der Waals surface area contributed by atoms with E-state index in [0.29, 0.717) is 24.8 Å². The summed E-state index contributed by atoms with van der Waals surface area (Å²) in [5.74, 6) is 1.07. The molecule has 0 aliphatic heterocycles. The minimum Gasteiger partial charge on any atom is -0.489 e. The van der Waals surface area contributed by atoms with Crippen LogP contribution in [-0.2, 0) is 6.54 Å². The van der Waals surface area contributed by atoms with E-state index in [1.807, 2.05) is 20.0 Å². The van der Waals surface area contributed by atoms with Gasteiger partial charge in [0.05, 0.1) is 18.1 Å². The lowest BCUT2D eigenvalue weighted by atomic mass is 10.3. The van der Waals surface area contributed by atoms with Gasteiger partial charge in [-0.3, -0.25) is 4.99 Å². The molecule has 1 aromatic heterocycles. The Bertz CT molecular complexity index is 648. The Kier molecular flexibility index (Phi) is 8.98. The van der Waals surface area contributed by atoms with Gasteiger partial charge >= 0.3 is 0 Å². The Morgan fingerprint density at radius 2 is 2.04 bits per heavy atom. The quantitative estimate of drug-likeness (QED) is 0.391. The number of hydrogen-bond donors (Lipinski definition) is 2. The number of rotatable bonds is 6. The van der Waals surface area contributed by atoms with Crippen LogP contribution in [0.25, 0.3) is 0 Å². The lowest BCUT2D eigenvalue weighted by Crippen LogP contribution is -2.41. The molecule has 1 atom stereocenters. The summed E-state index contributed by atoms with van der Waals surface area (Å²) >= 11 is 1.66. The third-order valence-electron chi connectivity index (χ3n) is 3.03. The van der Waals surface area contributed by atoms with Gasteiger partial charge in [0, 0.05) is 18.1 Å². The van der Waals surface area contributed by atoms with Crippen molar-refractivity contribution >= 4 is 41.3 Å². The highest BCUT2D eigenvalue weighted by molar-refractivity contribution is 14.0. The highest BCUT2D eigenvalue weighted by atomic mass is 127. The van der Waals surface area contributed by atoms with Crippen molar-refractivity contribution in [2.45, 2.75) is 26.5 Å². The fourth-order valence-electron chi connectivity index (χ4n) is 1.91. The molecule has 1 aromatic carbocycles. The Morgan fingerprint density at radius 3 is 2.62 bits per heavy atom. The average molecular weight is 464 g/mol. The Morgan fingerprint density at radius 1 is 1.33 bits per heavy atom. The predicted molar refractivity (Wildman–Crippen MR) is 107 cm³/mol. The zero-order chi connectivity index (χ0) is 16.7. The van der Waals surface area contributed by atoms with Crippen molar-refractivity contribution in [1.29, 1.82) is 0 Å². The van der Waals surface area contributed by atoms with Crippen molar-refractivity contribution in [2.24, 2.45) is 4.99 Å². The third-order valence-corrected chi connectivity index (χ3v) is 3.94. The lowest BCUT2D eigenvalue weighted by molar-refractivity contribution is 0.223. The molecule has 5 nitrogen and oxygen atoms in total. The Hall–Kier alpha value is -1.42. The summed E-state index contributed by atoms with van der Waals surface area (Å²) in [6, 6.07) is 6.00. The van der Waals surface area contributed by atoms with Crippen LogP contribution in [0.15, 0.2) is 35.5 Å². The van der Waals surface area contributed by atoms with E-state index < -0.39 is 0 Å². The summed E-state index contributed by atoms with van der Waals surface area (Å²) in [7, 11) is 1.72. The molecule has 132 valence electrons. The van der Waals surface area contributed by atoms with Crippen LogP contribution in [0.1, 0.15) is 16.8 Å². The van der Waals surface area contributed by atoms with Crippen LogP contribution in [0.5, 0.6) is 5.75 Å². The number of aliphatic imine (C=N–C) groups is 1. The van der Waals surface area contributed by atoms with Crippen LogP contribution in [0.4, 0.5) is 4.39 Å². The normalized spacial score (nSPS) is 12.2. The lowest BCUT2D eigenvalue weighted by Gasteiger charge is -2.17. The number of aromatic nitrogens is 1. The second-order valence-electron chi connectivity index (χ2n) is 5.03. The number of aryl methyl sites for hydroxylation is 1. The van der Waals surface area contributed by atoms with Gasteiger partial charge in [0.15, 0.2) is 5.96 Å². The molecule has 2 aromatic rings. The van der Waals surface area contributed by atoms with Gasteiger partial charge in [-0.2, -0.15) is 0 Å². The SMILES string of the molecule is CN=C(NCc1cnc(C)s1)NCC(C)Oc1ccc(F)cc1.I. The summed E-state index contributed by atoms with van der Waals surface area (Å²) in [4.78, 5) is 9.55. The van der Waals surface area contributed by atoms with Crippen LogP contribution in [0.3, 0.4) is 0 Å². The van der Waals surface area contributed by atoms with Crippen LogP contribution in [0, 0.1) is 12.7 Å². The van der Waals surface area contributed by atoms with E-state index in [-0.39, 0.29) is 35.9 Å². The molecule has 0 radical (unpaired) electrons. The summed E-state index contributed by atoms with van der Waals surface area (Å²) in [6.07, 6.45) is 1.78. The van der Waals surface area contributed by atoms with Gasteiger partial charge in [-0.15, -0.1) is 35.3 Å². The topological polar surface area (TPSA) is 58.5 Å². The zero-order valence-corrected chi connectivity index (χ0v) is 17.0. The molecule has 1 heterocycles. The number of ether oxygens (including phenoxy) is 1. The summed E-state index contributed by atoms with van der Waals surface area (Å²) < 4.78 is 18.6. The molecule has 1 unspecified atom stereocenters. The van der Waals surface area contributed by atoms with Crippen LogP contribution < -0.4 is 15.4 Å². The number of hydrogen-bond acceptors (Lipinski definition) is 4. The highest BCUT2D eigenvalue weighted by Crippen LogP contribution is 2.13. The fraction of sp³-hybridized carbons (Fsp3) is 0.375. The molecule has 0 aliphatic rings. The molecule has 0 bridgehead atoms. The van der Waals surface area contributed by atoms with E-state index in [9.17, 15) is 4.39 Å². The van der Waals surface area contributed by atoms with Crippen molar-refractivity contribution < 1.29 is 9.13 Å². The van der Waals surface area contributed by atoms with Gasteiger partial charge in [-0.1, -0.05) is 0 Å². The zero-order valence-electron chi connectivity index (χ0n) is 13.9. The monoisotopic (exact) mass is 464 g/mol. The van der Waals surface area contributed by atoms with Gasteiger partial charge in [0.25, 0.3) is 0 Å². The molecule has 2 N–H and O–H groups in total. The highest BCUT2D eigenvalue weighted by Gasteiger charge is 2.06. The number of guanidine groups is 1. The molecule has 0 saturated carbocycles. The van der Waals surface area contributed by atoms with Crippen molar-refractivity contribution in [2.75, 3.05) is 13.6 Å². The van der Waals surface area contributed by atoms with Crippen molar-refractivity contribution in [1.82, 2.24) is 15.6 Å². The first-order valence-electron chi connectivity index (χ1n) is 7.35. The molecular weight excluding hydrogens is 442 g/mol. The summed E-state index contributed by atoms with van der Waals surface area (Å²) in [5, 5.41) is 7.48. The van der Waals surface area contributed by atoms with Gasteiger partial charge < -0.3 is 15.4 Å². The Balaban J connectivity index is 0.00000288. The predicted octanol–water partition coefficient (Wildman–Crippen LogP) is 3.34. The average Bonchev–Trinajstić information content (AvgIpc) is 2.95. The van der Waals surface area contributed by atoms with Crippen molar-refractivity contribution in [3.63, 3.8) is 0 Å². The van der Waals surface area contributed by atoms with Crippen molar-refractivity contribution in [3.05, 3.63) is 46.2 Å². The van der Waals surface area contributed by atoms with E-state index in [0.717, 1.165) is 9.88 Å². The minimum absolute atomic E-state index is 0. The number of nitrogens with one attached hydrogen (secondary N) is 2. The second kappa shape index (κ2) is 10.4. The second-order valence-corrected chi connectivity index (χ2v) is 6.35. The van der Waals surface area contributed by atoms with E-state index in [4.69, 9.17) is 4.74 Å². The maximum atomic E-state index is 12.9. The first kappa shape index (κ1) is 20.6. The molecule has 0 fully saturated rings. The van der Waals surface area contributed by atoms with E-state index in [1.54, 1.807) is 30.5 Å². The maximum absolute atomic E-state index is 12.9. The first-order chi connectivity index (χ1) is 11.1. The standard InChI is InChI=1S/C16H21FN4OS.HI/c1-11(22-14-6-4-13(17)5-7-14)8-20-16(18-3)21-10-15-9-19-12(2)23-15;/h4-7,9,11H,8,10H2,1-3H3,(H2,18,20,21);1H. The largest absolute Gasteiger partial charge is 0.489 e. The molecule has 8 heteroatoms. The summed E-state index contributed by atoms with van der Waals surface area (Å²) in [5.41, 5.74) is 0. The molecule has 0 aliphatic carbocycles. The number of thiazole rings is 1. The van der Waals surface area contributed by atoms with E-state index in [1.165, 1.54) is 12.1 Å². The van der Waals surface area contributed by atoms with Crippen molar-refractivity contribution in [3.8, 4) is 5.75 Å². The number of benzene rings is 1. The van der Waals surface area contributed by atoms with Gasteiger partial charge in [0.2, 0.25) is 0 Å². The Labute approximate surface area is 162 Å². The van der Waals surface area contributed by atoms with Crippen LogP contribution >= 0.6 is 35.3 Å². The van der Waals surface area contributed by atoms with Gasteiger partial charge in [0.1, 0.15) is 17.7 Å². The fourth-order valence-corrected chi connectivity index (χ4v) is 2.64. The maximum Gasteiger partial charge on any atom is 0.191 e. The van der Waals surface area contributed by atoms with E-state index >= 15 is 0 Å². The minimum atomic E-state index is -0.272. The summed E-state index contributed by atoms with van der Waals surface area (Å²) in [6.45, 7) is 5.18. The van der Waals surface area contributed by atoms with E-state index in [2.05, 4.69) is 20.6 Å². The molecule has 2 rings (SSSR count). The molecule has 0 amide bonds. The number of nitrogens with zero attached hydrogens (tertiary/aromatic N) is 2. The van der Waals surface area contributed by atoms with Gasteiger partial charge in [-0.25, -0.2) is 9.37 Å². The third kappa shape index (κ3) is 7.00. The molecule has 24 heavy (non-hydrogen) atoms. The molecule has 0 spiro atoms. The van der Waals surface area contributed by atoms with Crippen LogP contribution in [-0.4, -0.2) is 30.6 Å². The number of halogens is 2.